The Morgan fingerprint density at radius 1 is 1.33 bits per heavy atom. The topological polar surface area (TPSA) is 18.5 Å². The van der Waals surface area contributed by atoms with E-state index in [9.17, 15) is 0 Å². The first-order valence-corrected chi connectivity index (χ1v) is 5.17. The number of benzene rings is 1. The normalized spacial score (nSPS) is 12.3. The van der Waals surface area contributed by atoms with Gasteiger partial charge in [0.25, 0.3) is 0 Å². The molecule has 82 valence electrons. The fourth-order valence-corrected chi connectivity index (χ4v) is 1.20. The van der Waals surface area contributed by atoms with Crippen molar-refractivity contribution in [3.63, 3.8) is 0 Å². The van der Waals surface area contributed by atoms with Crippen LogP contribution in [0.25, 0.3) is 0 Å². The van der Waals surface area contributed by atoms with Crippen molar-refractivity contribution in [3.05, 3.63) is 48.6 Å². The average molecular weight is 206 g/mol. The molecule has 0 aliphatic heterocycles. The third kappa shape index (κ3) is 5.35. The summed E-state index contributed by atoms with van der Waals surface area (Å²) in [6.07, 6.45) is 1.86. The van der Waals surface area contributed by atoms with Crippen molar-refractivity contribution < 1.29 is 9.47 Å². The Labute approximate surface area is 91.5 Å². The molecule has 0 unspecified atom stereocenters. The van der Waals surface area contributed by atoms with E-state index in [-0.39, 0.29) is 6.10 Å². The first-order valence-electron chi connectivity index (χ1n) is 5.17. The van der Waals surface area contributed by atoms with Crippen molar-refractivity contribution in [2.24, 2.45) is 0 Å². The van der Waals surface area contributed by atoms with Gasteiger partial charge in [-0.25, -0.2) is 0 Å². The zero-order chi connectivity index (χ0) is 10.9. The Hall–Kier alpha value is -1.12. The molecule has 0 saturated carbocycles. The van der Waals surface area contributed by atoms with E-state index in [1.165, 1.54) is 5.56 Å². The van der Waals surface area contributed by atoms with Crippen molar-refractivity contribution in [1.82, 2.24) is 0 Å². The lowest BCUT2D eigenvalue weighted by Gasteiger charge is -2.11. The van der Waals surface area contributed by atoms with Gasteiger partial charge < -0.3 is 9.47 Å². The van der Waals surface area contributed by atoms with E-state index in [4.69, 9.17) is 9.47 Å². The second kappa shape index (κ2) is 7.21. The predicted octanol–water partition coefficient (Wildman–Crippen LogP) is 2.79. The van der Waals surface area contributed by atoms with Crippen molar-refractivity contribution in [1.29, 1.82) is 0 Å². The molecule has 0 amide bonds. The minimum absolute atomic E-state index is 0.117. The van der Waals surface area contributed by atoms with E-state index >= 15 is 0 Å². The highest BCUT2D eigenvalue weighted by Crippen LogP contribution is 2.01. The summed E-state index contributed by atoms with van der Waals surface area (Å²) in [5.74, 6) is 0. The smallest absolute Gasteiger partial charge is 0.0784 e. The minimum Gasteiger partial charge on any atom is -0.374 e. The van der Waals surface area contributed by atoms with E-state index in [1.807, 2.05) is 25.1 Å². The lowest BCUT2D eigenvalue weighted by atomic mass is 10.2. The van der Waals surface area contributed by atoms with Crippen LogP contribution in [-0.2, 0) is 16.1 Å². The Bertz CT molecular complexity index is 269. The molecule has 1 aromatic carbocycles. The van der Waals surface area contributed by atoms with Crippen LogP contribution >= 0.6 is 0 Å². The van der Waals surface area contributed by atoms with Gasteiger partial charge in [0.15, 0.2) is 0 Å². The van der Waals surface area contributed by atoms with Gasteiger partial charge in [0.2, 0.25) is 0 Å². The summed E-state index contributed by atoms with van der Waals surface area (Å²) in [6, 6.07) is 10.1. The van der Waals surface area contributed by atoms with E-state index < -0.39 is 0 Å². The summed E-state index contributed by atoms with van der Waals surface area (Å²) in [4.78, 5) is 0. The molecule has 0 bridgehead atoms. The molecule has 0 radical (unpaired) electrons. The molecular weight excluding hydrogens is 188 g/mol. The molecule has 2 heteroatoms. The fraction of sp³-hybridized carbons (Fsp3) is 0.385. The maximum atomic E-state index is 5.52. The molecule has 1 atom stereocenters. The second-order valence-corrected chi connectivity index (χ2v) is 3.43. The summed E-state index contributed by atoms with van der Waals surface area (Å²) in [5, 5.41) is 0. The molecule has 0 fully saturated rings. The van der Waals surface area contributed by atoms with Gasteiger partial charge in [0.1, 0.15) is 0 Å². The molecule has 2 nitrogen and oxygen atoms in total. The van der Waals surface area contributed by atoms with Gasteiger partial charge in [-0.05, 0) is 12.5 Å². The molecule has 0 aliphatic rings. The summed E-state index contributed by atoms with van der Waals surface area (Å²) >= 11 is 0. The second-order valence-electron chi connectivity index (χ2n) is 3.43. The van der Waals surface area contributed by atoms with Crippen LogP contribution in [0.1, 0.15) is 12.5 Å². The highest BCUT2D eigenvalue weighted by atomic mass is 16.5. The Balaban J connectivity index is 2.13. The van der Waals surface area contributed by atoms with Crippen LogP contribution in [0, 0.1) is 0 Å². The van der Waals surface area contributed by atoms with E-state index in [0.717, 1.165) is 0 Å². The zero-order valence-electron chi connectivity index (χ0n) is 9.19. The SMILES string of the molecule is C=CCO[C@@H](C)COCc1ccccc1. The third-order valence-corrected chi connectivity index (χ3v) is 1.96. The minimum atomic E-state index is 0.117. The lowest BCUT2D eigenvalue weighted by molar-refractivity contribution is -0.00145. The third-order valence-electron chi connectivity index (χ3n) is 1.96. The number of rotatable bonds is 7. The van der Waals surface area contributed by atoms with Crippen LogP contribution in [0.2, 0.25) is 0 Å². The average Bonchev–Trinajstić information content (AvgIpc) is 2.28. The maximum absolute atomic E-state index is 5.52. The number of hydrogen-bond acceptors (Lipinski definition) is 2. The molecule has 1 rings (SSSR count). The Morgan fingerprint density at radius 3 is 2.73 bits per heavy atom. The standard InChI is InChI=1S/C13H18O2/c1-3-9-15-12(2)10-14-11-13-7-5-4-6-8-13/h3-8,12H,1,9-11H2,2H3/t12-/m0/s1. The quantitative estimate of drug-likeness (QED) is 0.639. The van der Waals surface area contributed by atoms with Crippen LogP contribution in [0.5, 0.6) is 0 Å². The van der Waals surface area contributed by atoms with Gasteiger partial charge in [-0.2, -0.15) is 0 Å². The molecule has 0 saturated heterocycles. The summed E-state index contributed by atoms with van der Waals surface area (Å²) in [7, 11) is 0. The van der Waals surface area contributed by atoms with Crippen molar-refractivity contribution in [2.75, 3.05) is 13.2 Å². The fourth-order valence-electron chi connectivity index (χ4n) is 1.20. The first-order chi connectivity index (χ1) is 7.33. The van der Waals surface area contributed by atoms with E-state index in [1.54, 1.807) is 6.08 Å². The molecule has 0 aromatic heterocycles. The van der Waals surface area contributed by atoms with Crippen LogP contribution in [0.4, 0.5) is 0 Å². The Morgan fingerprint density at radius 2 is 2.07 bits per heavy atom. The van der Waals surface area contributed by atoms with Crippen molar-refractivity contribution in [3.8, 4) is 0 Å². The molecular formula is C13H18O2. The molecule has 0 spiro atoms. The Kier molecular flexibility index (Phi) is 5.74. The predicted molar refractivity (Wildman–Crippen MR) is 61.7 cm³/mol. The van der Waals surface area contributed by atoms with Crippen LogP contribution < -0.4 is 0 Å². The van der Waals surface area contributed by atoms with Crippen LogP contribution in [0.3, 0.4) is 0 Å². The monoisotopic (exact) mass is 206 g/mol. The molecule has 0 heterocycles. The van der Waals surface area contributed by atoms with Gasteiger partial charge in [0, 0.05) is 0 Å². The highest BCUT2D eigenvalue weighted by molar-refractivity contribution is 5.13. The van der Waals surface area contributed by atoms with Gasteiger partial charge in [-0.1, -0.05) is 36.4 Å². The van der Waals surface area contributed by atoms with Crippen LogP contribution in [0.15, 0.2) is 43.0 Å². The van der Waals surface area contributed by atoms with Crippen LogP contribution in [-0.4, -0.2) is 19.3 Å². The summed E-state index contributed by atoms with van der Waals surface area (Å²) < 4.78 is 10.9. The number of hydrogen-bond donors (Lipinski definition) is 0. The summed E-state index contributed by atoms with van der Waals surface area (Å²) in [5.41, 5.74) is 1.19. The maximum Gasteiger partial charge on any atom is 0.0784 e. The molecule has 1 aromatic rings. The van der Waals surface area contributed by atoms with Gasteiger partial charge in [-0.15, -0.1) is 6.58 Å². The van der Waals surface area contributed by atoms with Gasteiger partial charge in [-0.3, -0.25) is 0 Å². The number of ether oxygens (including phenoxy) is 2. The zero-order valence-corrected chi connectivity index (χ0v) is 9.19. The molecule has 0 aliphatic carbocycles. The van der Waals surface area contributed by atoms with Crippen molar-refractivity contribution >= 4 is 0 Å². The largest absolute Gasteiger partial charge is 0.374 e. The molecule has 15 heavy (non-hydrogen) atoms. The van der Waals surface area contributed by atoms with Gasteiger partial charge in [0.05, 0.1) is 25.9 Å². The van der Waals surface area contributed by atoms with Crippen molar-refractivity contribution in [2.45, 2.75) is 19.6 Å². The summed E-state index contributed by atoms with van der Waals surface area (Å²) in [6.45, 7) is 7.42. The molecule has 0 N–H and O–H groups in total. The highest BCUT2D eigenvalue weighted by Gasteiger charge is 2.00. The lowest BCUT2D eigenvalue weighted by Crippen LogP contribution is -2.15. The van der Waals surface area contributed by atoms with Gasteiger partial charge >= 0.3 is 0 Å². The first kappa shape index (κ1) is 12.0. The van der Waals surface area contributed by atoms with E-state index in [0.29, 0.717) is 19.8 Å². The van der Waals surface area contributed by atoms with E-state index in [2.05, 4.69) is 18.7 Å².